The number of benzene rings is 2. The number of rotatable bonds is 6. The summed E-state index contributed by atoms with van der Waals surface area (Å²) in [4.78, 5) is 19.1. The number of amides is 1. The molecule has 1 atom stereocenters. The Kier molecular flexibility index (Phi) is 5.54. The lowest BCUT2D eigenvalue weighted by Gasteiger charge is -2.19. The molecule has 1 aliphatic rings. The average Bonchev–Trinajstić information content (AvgIpc) is 3.41. The smallest absolute Gasteiger partial charge is 0.232 e. The molecular weight excluding hydrogens is 398 g/mol. The van der Waals surface area contributed by atoms with Gasteiger partial charge in [-0.1, -0.05) is 17.3 Å². The van der Waals surface area contributed by atoms with Crippen LogP contribution in [0.2, 0.25) is 0 Å². The molecule has 2 aromatic carbocycles. The van der Waals surface area contributed by atoms with Gasteiger partial charge in [-0.15, -0.1) is 0 Å². The molecule has 0 saturated carbocycles. The Morgan fingerprint density at radius 3 is 2.39 bits per heavy atom. The number of ether oxygens (including phenoxy) is 3. The molecule has 2 heterocycles. The van der Waals surface area contributed by atoms with Gasteiger partial charge in [-0.25, -0.2) is 0 Å². The Bertz CT molecular complexity index is 1100. The van der Waals surface area contributed by atoms with Crippen molar-refractivity contribution in [2.45, 2.75) is 26.2 Å². The van der Waals surface area contributed by atoms with Crippen LogP contribution in [0.3, 0.4) is 0 Å². The van der Waals surface area contributed by atoms with E-state index in [0.717, 1.165) is 16.8 Å². The molecular formula is C23H25N3O5. The molecule has 4 rings (SSSR count). The average molecular weight is 423 g/mol. The maximum absolute atomic E-state index is 12.7. The number of aromatic nitrogens is 2. The first-order valence-electron chi connectivity index (χ1n) is 9.96. The molecule has 0 N–H and O–H groups in total. The zero-order valence-electron chi connectivity index (χ0n) is 18.3. The maximum atomic E-state index is 12.7. The van der Waals surface area contributed by atoms with Crippen molar-refractivity contribution >= 4 is 11.6 Å². The molecule has 162 valence electrons. The normalized spacial score (nSPS) is 16.0. The fourth-order valence-corrected chi connectivity index (χ4v) is 3.84. The topological polar surface area (TPSA) is 86.9 Å². The Balaban J connectivity index is 1.61. The number of carbonyl (C=O) groups excluding carboxylic acids is 1. The van der Waals surface area contributed by atoms with E-state index in [9.17, 15) is 4.79 Å². The maximum Gasteiger partial charge on any atom is 0.232 e. The van der Waals surface area contributed by atoms with Crippen molar-refractivity contribution in [2.24, 2.45) is 0 Å². The lowest BCUT2D eigenvalue weighted by atomic mass is 10.1. The fraction of sp³-hybridized carbons (Fsp3) is 0.348. The molecule has 1 fully saturated rings. The summed E-state index contributed by atoms with van der Waals surface area (Å²) < 4.78 is 21.7. The van der Waals surface area contributed by atoms with Crippen molar-refractivity contribution in [2.75, 3.05) is 32.8 Å². The molecule has 8 nitrogen and oxygen atoms in total. The number of hydrogen-bond donors (Lipinski definition) is 0. The lowest BCUT2D eigenvalue weighted by Crippen LogP contribution is -2.25. The largest absolute Gasteiger partial charge is 0.493 e. The number of hydrogen-bond acceptors (Lipinski definition) is 7. The summed E-state index contributed by atoms with van der Waals surface area (Å²) in [6.45, 7) is 4.52. The Hall–Kier alpha value is -3.55. The van der Waals surface area contributed by atoms with Crippen molar-refractivity contribution in [3.63, 3.8) is 0 Å². The molecule has 1 aliphatic heterocycles. The van der Waals surface area contributed by atoms with E-state index < -0.39 is 0 Å². The van der Waals surface area contributed by atoms with Gasteiger partial charge in [-0.3, -0.25) is 4.79 Å². The molecule has 31 heavy (non-hydrogen) atoms. The van der Waals surface area contributed by atoms with E-state index in [1.165, 1.54) is 0 Å². The van der Waals surface area contributed by atoms with Crippen molar-refractivity contribution in [1.29, 1.82) is 0 Å². The Morgan fingerprint density at radius 1 is 1.03 bits per heavy atom. The summed E-state index contributed by atoms with van der Waals surface area (Å²) in [6, 6.07) is 9.63. The van der Waals surface area contributed by atoms with Crippen LogP contribution in [0.25, 0.3) is 11.4 Å². The molecule has 1 saturated heterocycles. The molecule has 1 aromatic heterocycles. The van der Waals surface area contributed by atoms with Gasteiger partial charge in [0.05, 0.1) is 27.2 Å². The van der Waals surface area contributed by atoms with Crippen LogP contribution in [0.5, 0.6) is 17.2 Å². The van der Waals surface area contributed by atoms with Crippen LogP contribution < -0.4 is 19.1 Å². The second-order valence-electron chi connectivity index (χ2n) is 7.57. The number of nitrogens with zero attached hydrogens (tertiary/aromatic N) is 3. The first kappa shape index (κ1) is 20.7. The molecule has 0 radical (unpaired) electrons. The predicted molar refractivity (Wildman–Crippen MR) is 115 cm³/mol. The quantitative estimate of drug-likeness (QED) is 0.594. The SMILES string of the molecule is COc1cc(-c2noc([C@H]3CC(=O)N(c4cc(C)ccc4C)C3)n2)cc(OC)c1OC. The number of aryl methyl sites for hydroxylation is 2. The monoisotopic (exact) mass is 423 g/mol. The first-order chi connectivity index (χ1) is 14.9. The summed E-state index contributed by atoms with van der Waals surface area (Å²) in [5.74, 6) is 2.20. The summed E-state index contributed by atoms with van der Waals surface area (Å²) >= 11 is 0. The van der Waals surface area contributed by atoms with E-state index in [-0.39, 0.29) is 11.8 Å². The minimum absolute atomic E-state index is 0.0474. The van der Waals surface area contributed by atoms with Gasteiger partial charge in [0.15, 0.2) is 11.5 Å². The first-order valence-corrected chi connectivity index (χ1v) is 9.96. The van der Waals surface area contributed by atoms with Gasteiger partial charge in [0.25, 0.3) is 0 Å². The van der Waals surface area contributed by atoms with Crippen molar-refractivity contribution in [3.8, 4) is 28.6 Å². The highest BCUT2D eigenvalue weighted by atomic mass is 16.5. The van der Waals surface area contributed by atoms with Gasteiger partial charge in [0.2, 0.25) is 23.4 Å². The molecule has 0 aliphatic carbocycles. The van der Waals surface area contributed by atoms with Crippen molar-refractivity contribution in [3.05, 3.63) is 47.3 Å². The Labute approximate surface area is 180 Å². The highest BCUT2D eigenvalue weighted by molar-refractivity contribution is 5.97. The second kappa shape index (κ2) is 8.29. The minimum Gasteiger partial charge on any atom is -0.493 e. The van der Waals surface area contributed by atoms with E-state index in [2.05, 4.69) is 10.1 Å². The van der Waals surface area contributed by atoms with E-state index in [0.29, 0.717) is 47.5 Å². The third-order valence-corrected chi connectivity index (χ3v) is 5.49. The van der Waals surface area contributed by atoms with Crippen LogP contribution in [-0.2, 0) is 4.79 Å². The standard InChI is InChI=1S/C23H25N3O5/c1-13-6-7-14(2)17(8-13)26-12-16(11-20(26)27)23-24-22(25-31-23)15-9-18(28-3)21(30-5)19(10-15)29-4/h6-10,16H,11-12H2,1-5H3/t16-/m0/s1. The summed E-state index contributed by atoms with van der Waals surface area (Å²) in [6.07, 6.45) is 0.324. The van der Waals surface area contributed by atoms with Crippen molar-refractivity contribution in [1.82, 2.24) is 10.1 Å². The molecule has 1 amide bonds. The number of anilines is 1. The molecule has 0 bridgehead atoms. The van der Waals surface area contributed by atoms with Gasteiger partial charge in [-0.05, 0) is 43.2 Å². The highest BCUT2D eigenvalue weighted by Crippen LogP contribution is 2.41. The molecule has 8 heteroatoms. The summed E-state index contributed by atoms with van der Waals surface area (Å²) in [5.41, 5.74) is 3.76. The number of carbonyl (C=O) groups is 1. The van der Waals surface area contributed by atoms with Crippen LogP contribution in [0.1, 0.15) is 29.4 Å². The van der Waals surface area contributed by atoms with Crippen LogP contribution in [0.4, 0.5) is 5.69 Å². The van der Waals surface area contributed by atoms with Gasteiger partial charge in [-0.2, -0.15) is 4.98 Å². The lowest BCUT2D eigenvalue weighted by molar-refractivity contribution is -0.117. The van der Waals surface area contributed by atoms with Gasteiger partial charge < -0.3 is 23.6 Å². The minimum atomic E-state index is -0.171. The molecule has 3 aromatic rings. The second-order valence-corrected chi connectivity index (χ2v) is 7.57. The summed E-state index contributed by atoms with van der Waals surface area (Å²) in [7, 11) is 4.65. The molecule has 0 unspecified atom stereocenters. The van der Waals surface area contributed by atoms with Crippen LogP contribution in [0, 0.1) is 13.8 Å². The fourth-order valence-electron chi connectivity index (χ4n) is 3.84. The zero-order chi connectivity index (χ0) is 22.1. The molecule has 0 spiro atoms. The van der Waals surface area contributed by atoms with E-state index in [1.807, 2.05) is 32.0 Å². The van der Waals surface area contributed by atoms with Crippen molar-refractivity contribution < 1.29 is 23.5 Å². The predicted octanol–water partition coefficient (Wildman–Crippen LogP) is 3.90. The van der Waals surface area contributed by atoms with Crippen LogP contribution in [-0.4, -0.2) is 43.9 Å². The van der Waals surface area contributed by atoms with Gasteiger partial charge in [0, 0.05) is 24.2 Å². The zero-order valence-corrected chi connectivity index (χ0v) is 18.3. The van der Waals surface area contributed by atoms with E-state index in [4.69, 9.17) is 18.7 Å². The number of methoxy groups -OCH3 is 3. The van der Waals surface area contributed by atoms with Crippen LogP contribution >= 0.6 is 0 Å². The third-order valence-electron chi connectivity index (χ3n) is 5.49. The van der Waals surface area contributed by atoms with E-state index in [1.54, 1.807) is 38.4 Å². The van der Waals surface area contributed by atoms with Gasteiger partial charge >= 0.3 is 0 Å². The highest BCUT2D eigenvalue weighted by Gasteiger charge is 2.36. The van der Waals surface area contributed by atoms with Crippen LogP contribution in [0.15, 0.2) is 34.9 Å². The van der Waals surface area contributed by atoms with E-state index >= 15 is 0 Å². The third kappa shape index (κ3) is 3.81. The van der Waals surface area contributed by atoms with Gasteiger partial charge in [0.1, 0.15) is 0 Å². The Morgan fingerprint density at radius 2 is 1.74 bits per heavy atom. The summed E-state index contributed by atoms with van der Waals surface area (Å²) in [5, 5.41) is 4.12.